The first-order valence-electron chi connectivity index (χ1n) is 9.86. The van der Waals surface area contributed by atoms with E-state index in [0.717, 1.165) is 23.4 Å². The summed E-state index contributed by atoms with van der Waals surface area (Å²) in [6.07, 6.45) is 4.04. The van der Waals surface area contributed by atoms with Gasteiger partial charge in [0, 0.05) is 44.0 Å². The largest absolute Gasteiger partial charge is 0.493 e. The van der Waals surface area contributed by atoms with Crippen LogP contribution in [0.3, 0.4) is 0 Å². The molecular weight excluding hydrogens is 398 g/mol. The van der Waals surface area contributed by atoms with Crippen molar-refractivity contribution >= 4 is 5.91 Å². The van der Waals surface area contributed by atoms with Crippen molar-refractivity contribution in [2.24, 2.45) is 5.73 Å². The first kappa shape index (κ1) is 20.5. The Bertz CT molecular complexity index is 1150. The predicted octanol–water partition coefficient (Wildman–Crippen LogP) is 1.26. The highest BCUT2D eigenvalue weighted by atomic mass is 16.5. The Labute approximate surface area is 178 Å². The molecule has 160 valence electrons. The van der Waals surface area contributed by atoms with E-state index in [9.17, 15) is 9.59 Å². The second-order valence-electron chi connectivity index (χ2n) is 7.28. The zero-order valence-corrected chi connectivity index (χ0v) is 17.1. The molecule has 4 rings (SSSR count). The quantitative estimate of drug-likeness (QED) is 0.589. The molecule has 3 aromatic rings. The number of carbonyl (C=O) groups excluding carboxylic acids is 1. The van der Waals surface area contributed by atoms with E-state index in [1.54, 1.807) is 25.6 Å². The maximum Gasteiger partial charge on any atom is 0.255 e. The molecule has 0 unspecified atom stereocenters. The Morgan fingerprint density at radius 3 is 2.77 bits per heavy atom. The molecule has 0 fully saturated rings. The van der Waals surface area contributed by atoms with Gasteiger partial charge in [0.25, 0.3) is 11.5 Å². The molecule has 0 atom stereocenters. The first-order chi connectivity index (χ1) is 15.0. The van der Waals surface area contributed by atoms with Crippen molar-refractivity contribution < 1.29 is 14.3 Å². The van der Waals surface area contributed by atoms with Gasteiger partial charge in [-0.3, -0.25) is 19.5 Å². The van der Waals surface area contributed by atoms with Crippen LogP contribution < -0.4 is 20.8 Å². The lowest BCUT2D eigenvalue weighted by Crippen LogP contribution is -2.35. The number of aromatic nitrogens is 3. The molecule has 3 N–H and O–H groups in total. The molecule has 0 spiro atoms. The molecule has 1 aliphatic rings. The third-order valence-electron chi connectivity index (χ3n) is 5.11. The number of primary amides is 1. The molecule has 0 bridgehead atoms. The number of aromatic amines is 1. The topological polar surface area (TPSA) is 123 Å². The molecule has 1 aliphatic heterocycles. The van der Waals surface area contributed by atoms with E-state index in [4.69, 9.17) is 15.2 Å². The van der Waals surface area contributed by atoms with Gasteiger partial charge in [-0.15, -0.1) is 0 Å². The number of pyridine rings is 1. The smallest absolute Gasteiger partial charge is 0.255 e. The Balaban J connectivity index is 1.49. The summed E-state index contributed by atoms with van der Waals surface area (Å²) in [5.41, 5.74) is 8.38. The van der Waals surface area contributed by atoms with E-state index in [0.29, 0.717) is 42.4 Å². The Hall–Kier alpha value is -3.72. The highest BCUT2D eigenvalue weighted by Gasteiger charge is 2.22. The molecule has 3 heterocycles. The number of nitrogens with two attached hydrogens (primary N) is 1. The third-order valence-corrected chi connectivity index (χ3v) is 5.11. The number of hydrogen-bond donors (Lipinski definition) is 2. The van der Waals surface area contributed by atoms with Crippen LogP contribution in [0.25, 0.3) is 11.4 Å². The summed E-state index contributed by atoms with van der Waals surface area (Å²) in [4.78, 5) is 37.4. The van der Waals surface area contributed by atoms with Gasteiger partial charge >= 0.3 is 0 Å². The molecule has 2 aromatic heterocycles. The van der Waals surface area contributed by atoms with Crippen LogP contribution in [0.2, 0.25) is 0 Å². The number of nitrogens with zero attached hydrogens (tertiary/aromatic N) is 3. The first-order valence-corrected chi connectivity index (χ1v) is 9.86. The predicted molar refractivity (Wildman–Crippen MR) is 114 cm³/mol. The molecular formula is C22H23N5O4. The number of rotatable bonds is 7. The van der Waals surface area contributed by atoms with Crippen molar-refractivity contribution in [3.63, 3.8) is 0 Å². The van der Waals surface area contributed by atoms with Gasteiger partial charge in [-0.25, -0.2) is 4.98 Å². The summed E-state index contributed by atoms with van der Waals surface area (Å²) in [6.45, 7) is 1.71. The fourth-order valence-electron chi connectivity index (χ4n) is 3.60. The third kappa shape index (κ3) is 4.72. The van der Waals surface area contributed by atoms with Crippen molar-refractivity contribution in [1.82, 2.24) is 19.9 Å². The number of fused-ring (bicyclic) bond motifs is 1. The number of H-pyrrole nitrogens is 1. The monoisotopic (exact) mass is 421 g/mol. The number of hydrogen-bond acceptors (Lipinski definition) is 7. The Morgan fingerprint density at radius 1 is 1.23 bits per heavy atom. The number of methoxy groups -OCH3 is 1. The van der Waals surface area contributed by atoms with Crippen LogP contribution in [0.1, 0.15) is 16.8 Å². The minimum Gasteiger partial charge on any atom is -0.493 e. The van der Waals surface area contributed by atoms with Crippen molar-refractivity contribution in [3.05, 3.63) is 69.9 Å². The lowest BCUT2D eigenvalue weighted by atomic mass is 10.1. The fraction of sp³-hybridized carbons (Fsp3) is 0.273. The summed E-state index contributed by atoms with van der Waals surface area (Å²) in [6, 6.07) is 9.17. The SMILES string of the molecule is COc1cc(CN2CCc3nc(-c4ccncc4)[nH]c(=O)c3C2)ccc1OCC(N)=O. The fourth-order valence-corrected chi connectivity index (χ4v) is 3.60. The zero-order valence-electron chi connectivity index (χ0n) is 17.1. The maximum atomic E-state index is 12.7. The number of nitrogens with one attached hydrogen (secondary N) is 1. The van der Waals surface area contributed by atoms with Gasteiger partial charge in [0.15, 0.2) is 18.1 Å². The Morgan fingerprint density at radius 2 is 2.03 bits per heavy atom. The van der Waals surface area contributed by atoms with Crippen LogP contribution in [-0.4, -0.2) is 46.0 Å². The van der Waals surface area contributed by atoms with Crippen LogP contribution in [0.15, 0.2) is 47.5 Å². The van der Waals surface area contributed by atoms with Gasteiger partial charge in [0.1, 0.15) is 5.82 Å². The van der Waals surface area contributed by atoms with E-state index in [-0.39, 0.29) is 12.2 Å². The number of ether oxygens (including phenoxy) is 2. The van der Waals surface area contributed by atoms with Crippen molar-refractivity contribution in [3.8, 4) is 22.9 Å². The Kier molecular flexibility index (Phi) is 5.94. The summed E-state index contributed by atoms with van der Waals surface area (Å²) < 4.78 is 10.7. The van der Waals surface area contributed by atoms with E-state index < -0.39 is 5.91 Å². The average molecular weight is 421 g/mol. The molecule has 0 saturated carbocycles. The maximum absolute atomic E-state index is 12.7. The summed E-state index contributed by atoms with van der Waals surface area (Å²) in [7, 11) is 1.54. The van der Waals surface area contributed by atoms with Crippen LogP contribution in [0.5, 0.6) is 11.5 Å². The molecule has 0 saturated heterocycles. The molecule has 1 aromatic carbocycles. The highest BCUT2D eigenvalue weighted by molar-refractivity contribution is 5.75. The molecule has 0 radical (unpaired) electrons. The van der Waals surface area contributed by atoms with Crippen LogP contribution >= 0.6 is 0 Å². The normalized spacial score (nSPS) is 13.5. The van der Waals surface area contributed by atoms with Crippen LogP contribution in [0, 0.1) is 0 Å². The van der Waals surface area contributed by atoms with E-state index in [2.05, 4.69) is 19.9 Å². The van der Waals surface area contributed by atoms with Gasteiger partial charge in [-0.2, -0.15) is 0 Å². The van der Waals surface area contributed by atoms with Gasteiger partial charge in [0.05, 0.1) is 18.4 Å². The summed E-state index contributed by atoms with van der Waals surface area (Å²) in [5, 5.41) is 0. The van der Waals surface area contributed by atoms with Gasteiger partial charge in [0.2, 0.25) is 0 Å². The minimum absolute atomic E-state index is 0.116. The van der Waals surface area contributed by atoms with Gasteiger partial charge in [-0.05, 0) is 29.8 Å². The molecule has 0 aliphatic carbocycles. The number of amides is 1. The van der Waals surface area contributed by atoms with E-state index in [1.165, 1.54) is 0 Å². The standard InChI is InChI=1S/C22H23N5O4/c1-30-19-10-14(2-3-18(19)31-13-20(23)28)11-27-9-6-17-16(12-27)22(29)26-21(25-17)15-4-7-24-8-5-15/h2-5,7-8,10H,6,9,11-13H2,1H3,(H2,23,28)(H,25,26,29). The average Bonchev–Trinajstić information content (AvgIpc) is 2.79. The second kappa shape index (κ2) is 8.97. The van der Waals surface area contributed by atoms with Crippen molar-refractivity contribution in [2.45, 2.75) is 19.5 Å². The van der Waals surface area contributed by atoms with E-state index >= 15 is 0 Å². The molecule has 9 nitrogen and oxygen atoms in total. The number of carbonyl (C=O) groups is 1. The van der Waals surface area contributed by atoms with Crippen LogP contribution in [-0.2, 0) is 24.3 Å². The lowest BCUT2D eigenvalue weighted by Gasteiger charge is -2.28. The summed E-state index contributed by atoms with van der Waals surface area (Å²) >= 11 is 0. The van der Waals surface area contributed by atoms with Crippen LogP contribution in [0.4, 0.5) is 0 Å². The highest BCUT2D eigenvalue weighted by Crippen LogP contribution is 2.29. The molecule has 1 amide bonds. The molecule has 31 heavy (non-hydrogen) atoms. The lowest BCUT2D eigenvalue weighted by molar-refractivity contribution is -0.119. The van der Waals surface area contributed by atoms with Crippen molar-refractivity contribution in [1.29, 1.82) is 0 Å². The van der Waals surface area contributed by atoms with E-state index in [1.807, 2.05) is 24.3 Å². The van der Waals surface area contributed by atoms with Gasteiger partial charge < -0.3 is 20.2 Å². The molecule has 9 heteroatoms. The van der Waals surface area contributed by atoms with Crippen molar-refractivity contribution in [2.75, 3.05) is 20.3 Å². The zero-order chi connectivity index (χ0) is 21.8. The number of benzene rings is 1. The second-order valence-corrected chi connectivity index (χ2v) is 7.28. The minimum atomic E-state index is -0.552. The summed E-state index contributed by atoms with van der Waals surface area (Å²) in [5.74, 6) is 0.996. The van der Waals surface area contributed by atoms with Gasteiger partial charge in [-0.1, -0.05) is 6.07 Å².